The Morgan fingerprint density at radius 2 is 1.36 bits per heavy atom. The van der Waals surface area contributed by atoms with Crippen LogP contribution in [0.4, 0.5) is 0 Å². The molecule has 1 N–H and O–H groups in total. The second kappa shape index (κ2) is 4.22. The zero-order chi connectivity index (χ0) is 11.6. The quantitative estimate of drug-likeness (QED) is 0.727. The highest BCUT2D eigenvalue weighted by molar-refractivity contribution is 4.96. The minimum atomic E-state index is -0.568. The zero-order valence-electron chi connectivity index (χ0n) is 11.1. The summed E-state index contributed by atoms with van der Waals surface area (Å²) in [5.41, 5.74) is -0.499. The molecule has 86 valence electrons. The van der Waals surface area contributed by atoms with Crippen molar-refractivity contribution in [3.63, 3.8) is 0 Å². The van der Waals surface area contributed by atoms with Crippen molar-refractivity contribution >= 4 is 0 Å². The third-order valence-corrected chi connectivity index (χ3v) is 4.24. The number of rotatable bonds is 4. The second-order valence-corrected chi connectivity index (χ2v) is 6.25. The molecule has 1 nitrogen and oxygen atoms in total. The van der Waals surface area contributed by atoms with Crippen molar-refractivity contribution in [2.24, 2.45) is 10.8 Å². The molecule has 0 spiro atoms. The predicted octanol–water partition coefficient (Wildman–Crippen LogP) is 4.00. The van der Waals surface area contributed by atoms with Crippen LogP contribution in [0.1, 0.15) is 67.7 Å². The molecule has 0 radical (unpaired) electrons. The lowest BCUT2D eigenvalue weighted by Crippen LogP contribution is -2.49. The lowest BCUT2D eigenvalue weighted by molar-refractivity contribution is -0.113. The zero-order valence-corrected chi connectivity index (χ0v) is 11.1. The van der Waals surface area contributed by atoms with Gasteiger partial charge in [-0.05, 0) is 24.2 Å². The standard InChI is InChI=1S/C13H28O/c1-8-9-10-13(7,14)12(5,6)11(2,3)4/h14H,8-10H2,1-7H3. The Kier molecular flexibility index (Phi) is 4.21. The van der Waals surface area contributed by atoms with Crippen LogP contribution in [0.5, 0.6) is 0 Å². The SMILES string of the molecule is CCCCC(C)(O)C(C)(C)C(C)(C)C. The van der Waals surface area contributed by atoms with Crippen molar-refractivity contribution in [1.82, 2.24) is 0 Å². The fourth-order valence-electron chi connectivity index (χ4n) is 1.64. The van der Waals surface area contributed by atoms with Crippen LogP contribution < -0.4 is 0 Å². The van der Waals surface area contributed by atoms with E-state index in [1.165, 1.54) is 0 Å². The molecular formula is C13H28O. The van der Waals surface area contributed by atoms with Gasteiger partial charge in [-0.1, -0.05) is 54.4 Å². The molecule has 0 amide bonds. The summed E-state index contributed by atoms with van der Waals surface area (Å²) in [6, 6.07) is 0. The Hall–Kier alpha value is -0.0400. The van der Waals surface area contributed by atoms with Crippen molar-refractivity contribution < 1.29 is 5.11 Å². The van der Waals surface area contributed by atoms with Crippen LogP contribution in [0.15, 0.2) is 0 Å². The first-order valence-corrected chi connectivity index (χ1v) is 5.78. The molecule has 1 heteroatoms. The molecule has 0 saturated carbocycles. The lowest BCUT2D eigenvalue weighted by atomic mass is 9.59. The maximum absolute atomic E-state index is 10.5. The van der Waals surface area contributed by atoms with E-state index in [0.717, 1.165) is 19.3 Å². The van der Waals surface area contributed by atoms with Crippen molar-refractivity contribution in [2.45, 2.75) is 73.3 Å². The molecule has 0 aliphatic heterocycles. The Labute approximate surface area is 89.9 Å². The smallest absolute Gasteiger partial charge is 0.0675 e. The van der Waals surface area contributed by atoms with Crippen LogP contribution in [0.3, 0.4) is 0 Å². The van der Waals surface area contributed by atoms with Gasteiger partial charge < -0.3 is 5.11 Å². The third kappa shape index (κ3) is 2.73. The average molecular weight is 200 g/mol. The molecule has 0 rings (SSSR count). The predicted molar refractivity (Wildman–Crippen MR) is 63.4 cm³/mol. The fraction of sp³-hybridized carbons (Fsp3) is 1.00. The van der Waals surface area contributed by atoms with Gasteiger partial charge in [0, 0.05) is 0 Å². The first-order valence-electron chi connectivity index (χ1n) is 5.78. The Bertz CT molecular complexity index is 172. The van der Waals surface area contributed by atoms with E-state index in [0.29, 0.717) is 0 Å². The van der Waals surface area contributed by atoms with Crippen molar-refractivity contribution in [2.75, 3.05) is 0 Å². The molecule has 0 aliphatic rings. The summed E-state index contributed by atoms with van der Waals surface area (Å²) in [5, 5.41) is 10.5. The number of aliphatic hydroxyl groups is 1. The molecule has 0 fully saturated rings. The number of hydrogen-bond donors (Lipinski definition) is 1. The van der Waals surface area contributed by atoms with Gasteiger partial charge in [0.05, 0.1) is 5.60 Å². The van der Waals surface area contributed by atoms with Gasteiger partial charge in [0.1, 0.15) is 0 Å². The Morgan fingerprint density at radius 3 is 1.64 bits per heavy atom. The van der Waals surface area contributed by atoms with Gasteiger partial charge in [-0.2, -0.15) is 0 Å². The van der Waals surface area contributed by atoms with E-state index in [4.69, 9.17) is 0 Å². The van der Waals surface area contributed by atoms with Gasteiger partial charge in [0.15, 0.2) is 0 Å². The van der Waals surface area contributed by atoms with Crippen LogP contribution in [0, 0.1) is 10.8 Å². The maximum Gasteiger partial charge on any atom is 0.0675 e. The molecule has 0 aliphatic carbocycles. The molecular weight excluding hydrogens is 172 g/mol. The summed E-state index contributed by atoms with van der Waals surface area (Å²) in [5.74, 6) is 0. The topological polar surface area (TPSA) is 20.2 Å². The summed E-state index contributed by atoms with van der Waals surface area (Å²) < 4.78 is 0. The second-order valence-electron chi connectivity index (χ2n) is 6.25. The van der Waals surface area contributed by atoms with E-state index < -0.39 is 5.60 Å². The normalized spacial score (nSPS) is 18.0. The van der Waals surface area contributed by atoms with Gasteiger partial charge in [-0.25, -0.2) is 0 Å². The minimum Gasteiger partial charge on any atom is -0.390 e. The summed E-state index contributed by atoms with van der Waals surface area (Å²) in [6.07, 6.45) is 3.15. The van der Waals surface area contributed by atoms with Crippen LogP contribution in [-0.2, 0) is 0 Å². The molecule has 1 unspecified atom stereocenters. The summed E-state index contributed by atoms with van der Waals surface area (Å²) >= 11 is 0. The molecule has 0 aromatic carbocycles. The summed E-state index contributed by atoms with van der Waals surface area (Å²) in [7, 11) is 0. The largest absolute Gasteiger partial charge is 0.390 e. The Balaban J connectivity index is 4.69. The highest BCUT2D eigenvalue weighted by Crippen LogP contribution is 2.48. The molecule has 0 bridgehead atoms. The fourth-order valence-corrected chi connectivity index (χ4v) is 1.64. The van der Waals surface area contributed by atoms with Crippen LogP contribution >= 0.6 is 0 Å². The average Bonchev–Trinajstić information content (AvgIpc) is 1.98. The lowest BCUT2D eigenvalue weighted by Gasteiger charge is -2.49. The van der Waals surface area contributed by atoms with Gasteiger partial charge in [0.2, 0.25) is 0 Å². The summed E-state index contributed by atoms with van der Waals surface area (Å²) in [4.78, 5) is 0. The van der Waals surface area contributed by atoms with Gasteiger partial charge in [-0.3, -0.25) is 0 Å². The monoisotopic (exact) mass is 200 g/mol. The van der Waals surface area contributed by atoms with Gasteiger partial charge in [0.25, 0.3) is 0 Å². The van der Waals surface area contributed by atoms with E-state index in [2.05, 4.69) is 41.5 Å². The highest BCUT2D eigenvalue weighted by atomic mass is 16.3. The van der Waals surface area contributed by atoms with Crippen molar-refractivity contribution in [3.05, 3.63) is 0 Å². The molecule has 0 saturated heterocycles. The van der Waals surface area contributed by atoms with E-state index in [-0.39, 0.29) is 10.8 Å². The third-order valence-electron chi connectivity index (χ3n) is 4.24. The molecule has 14 heavy (non-hydrogen) atoms. The maximum atomic E-state index is 10.5. The number of hydrogen-bond acceptors (Lipinski definition) is 1. The van der Waals surface area contributed by atoms with Crippen molar-refractivity contribution in [1.29, 1.82) is 0 Å². The van der Waals surface area contributed by atoms with E-state index in [1.807, 2.05) is 6.92 Å². The number of unbranched alkanes of at least 4 members (excludes halogenated alkanes) is 1. The first kappa shape index (κ1) is 14.0. The molecule has 0 heterocycles. The molecule has 0 aromatic rings. The van der Waals surface area contributed by atoms with E-state index in [9.17, 15) is 5.11 Å². The minimum absolute atomic E-state index is 0.0603. The van der Waals surface area contributed by atoms with Gasteiger partial charge >= 0.3 is 0 Å². The van der Waals surface area contributed by atoms with Crippen LogP contribution in [-0.4, -0.2) is 10.7 Å². The summed E-state index contributed by atoms with van der Waals surface area (Å²) in [6.45, 7) is 15.1. The van der Waals surface area contributed by atoms with Gasteiger partial charge in [-0.15, -0.1) is 0 Å². The molecule has 1 atom stereocenters. The molecule has 0 aromatic heterocycles. The highest BCUT2D eigenvalue weighted by Gasteiger charge is 2.46. The first-order chi connectivity index (χ1) is 6.06. The van der Waals surface area contributed by atoms with E-state index >= 15 is 0 Å². The van der Waals surface area contributed by atoms with Crippen molar-refractivity contribution in [3.8, 4) is 0 Å². The van der Waals surface area contributed by atoms with E-state index in [1.54, 1.807) is 0 Å². The van der Waals surface area contributed by atoms with Crippen LogP contribution in [0.25, 0.3) is 0 Å². The van der Waals surface area contributed by atoms with Crippen LogP contribution in [0.2, 0.25) is 0 Å². The Morgan fingerprint density at radius 1 is 0.929 bits per heavy atom.